The van der Waals surface area contributed by atoms with E-state index in [1.54, 1.807) is 0 Å². The van der Waals surface area contributed by atoms with Crippen LogP contribution in [0.5, 0.6) is 11.5 Å². The summed E-state index contributed by atoms with van der Waals surface area (Å²) >= 11 is 0. The highest BCUT2D eigenvalue weighted by Crippen LogP contribution is 2.44. The second-order valence-corrected chi connectivity index (χ2v) is 11.4. The molecule has 37 heavy (non-hydrogen) atoms. The SMILES string of the molecule is O=[N+]([O-])c1cc(N=Nc2c(S(=O)(=O)O)cc3cc(NCS(=O)(=O)O)ccc3c2O)c(O)c(S(=O)(=O)O)c1. The summed E-state index contributed by atoms with van der Waals surface area (Å²) in [4.78, 5) is 7.66. The van der Waals surface area contributed by atoms with Gasteiger partial charge in [0.2, 0.25) is 0 Å². The van der Waals surface area contributed by atoms with Crippen LogP contribution in [0.2, 0.25) is 0 Å². The lowest BCUT2D eigenvalue weighted by Gasteiger charge is -2.11. The number of phenols is 2. The van der Waals surface area contributed by atoms with Crippen molar-refractivity contribution in [1.29, 1.82) is 0 Å². The van der Waals surface area contributed by atoms with E-state index in [4.69, 9.17) is 4.55 Å². The third-order valence-electron chi connectivity index (χ3n) is 4.57. The van der Waals surface area contributed by atoms with Crippen LogP contribution in [0.4, 0.5) is 22.7 Å². The van der Waals surface area contributed by atoms with Gasteiger partial charge in [0, 0.05) is 23.2 Å². The Morgan fingerprint density at radius 1 is 0.838 bits per heavy atom. The Morgan fingerprint density at radius 2 is 1.46 bits per heavy atom. The van der Waals surface area contributed by atoms with E-state index < -0.39 is 79.5 Å². The molecule has 20 heteroatoms. The molecule has 0 spiro atoms. The Bertz CT molecular complexity index is 1800. The molecule has 0 saturated carbocycles. The van der Waals surface area contributed by atoms with Gasteiger partial charge in [0.25, 0.3) is 36.0 Å². The summed E-state index contributed by atoms with van der Waals surface area (Å²) in [6.45, 7) is 0. The van der Waals surface area contributed by atoms with Crippen LogP contribution in [0, 0.1) is 10.1 Å². The normalized spacial score (nSPS) is 12.7. The van der Waals surface area contributed by atoms with E-state index in [1.807, 2.05) is 0 Å². The van der Waals surface area contributed by atoms with Crippen LogP contribution >= 0.6 is 0 Å². The van der Waals surface area contributed by atoms with Crippen molar-refractivity contribution in [1.82, 2.24) is 0 Å². The molecule has 0 aromatic heterocycles. The van der Waals surface area contributed by atoms with Gasteiger partial charge >= 0.3 is 0 Å². The van der Waals surface area contributed by atoms with E-state index in [0.29, 0.717) is 12.1 Å². The first-order chi connectivity index (χ1) is 16.9. The number of benzene rings is 3. The molecule has 3 aromatic carbocycles. The number of rotatable bonds is 8. The first-order valence-electron chi connectivity index (χ1n) is 9.25. The molecule has 0 aliphatic rings. The number of nitro benzene ring substituents is 1. The Kier molecular flexibility index (Phi) is 7.09. The average molecular weight is 579 g/mol. The van der Waals surface area contributed by atoms with Crippen molar-refractivity contribution >= 4 is 63.9 Å². The minimum atomic E-state index is -5.18. The molecule has 0 saturated heterocycles. The van der Waals surface area contributed by atoms with Gasteiger partial charge < -0.3 is 15.5 Å². The summed E-state index contributed by atoms with van der Waals surface area (Å²) in [5.41, 5.74) is -2.75. The van der Waals surface area contributed by atoms with Gasteiger partial charge in [0.1, 0.15) is 27.0 Å². The maximum Gasteiger partial charge on any atom is 0.298 e. The highest BCUT2D eigenvalue weighted by Gasteiger charge is 2.26. The first kappa shape index (κ1) is 27.6. The number of aromatic hydroxyl groups is 2. The molecule has 0 unspecified atom stereocenters. The van der Waals surface area contributed by atoms with Gasteiger partial charge in [-0.25, -0.2) is 0 Å². The van der Waals surface area contributed by atoms with Crippen molar-refractivity contribution in [3.8, 4) is 11.5 Å². The molecular formula is C17H14N4O13S3. The number of azo groups is 1. The zero-order valence-electron chi connectivity index (χ0n) is 17.7. The van der Waals surface area contributed by atoms with Gasteiger partial charge in [0.15, 0.2) is 11.5 Å². The van der Waals surface area contributed by atoms with Gasteiger partial charge in [0.05, 0.1) is 4.92 Å². The molecule has 0 amide bonds. The van der Waals surface area contributed by atoms with Gasteiger partial charge in [-0.3, -0.25) is 23.8 Å². The Hall–Kier alpha value is -3.95. The number of non-ortho nitro benzene ring substituents is 1. The highest BCUT2D eigenvalue weighted by atomic mass is 32.2. The standard InChI is InChI=1S/C17H14N4O13S3/c22-16-11-2-1-9(18-7-35(26,27)28)3-8(11)4-13(36(29,30)31)15(16)20-19-12-5-10(21(24)25)6-14(17(12)23)37(32,33)34/h1-6,18,22-23H,7H2,(H,26,27,28)(H,29,30,31)(H,32,33,34). The number of nitrogens with zero attached hydrogens (tertiary/aromatic N) is 3. The van der Waals surface area contributed by atoms with Gasteiger partial charge in [-0.1, -0.05) is 0 Å². The lowest BCUT2D eigenvalue weighted by atomic mass is 10.1. The number of anilines is 1. The average Bonchev–Trinajstić information content (AvgIpc) is 2.75. The van der Waals surface area contributed by atoms with E-state index >= 15 is 0 Å². The molecule has 6 N–H and O–H groups in total. The smallest absolute Gasteiger partial charge is 0.298 e. The van der Waals surface area contributed by atoms with Crippen LogP contribution in [0.3, 0.4) is 0 Å². The van der Waals surface area contributed by atoms with Gasteiger partial charge in [-0.15, -0.1) is 10.2 Å². The zero-order valence-corrected chi connectivity index (χ0v) is 20.2. The lowest BCUT2D eigenvalue weighted by Crippen LogP contribution is -2.12. The molecule has 0 bridgehead atoms. The molecule has 3 aromatic rings. The van der Waals surface area contributed by atoms with Crippen molar-refractivity contribution in [3.63, 3.8) is 0 Å². The topological polar surface area (TPSA) is 283 Å². The van der Waals surface area contributed by atoms with Crippen LogP contribution in [-0.2, 0) is 30.4 Å². The third-order valence-corrected chi connectivity index (χ3v) is 6.82. The van der Waals surface area contributed by atoms with Crippen LogP contribution in [0.25, 0.3) is 10.8 Å². The fraction of sp³-hybridized carbons (Fsp3) is 0.0588. The number of hydrogen-bond acceptors (Lipinski definition) is 13. The summed E-state index contributed by atoms with van der Waals surface area (Å²) in [6, 6.07) is 5.21. The second-order valence-electron chi connectivity index (χ2n) is 7.13. The number of nitro groups is 1. The largest absolute Gasteiger partial charge is 0.505 e. The summed E-state index contributed by atoms with van der Waals surface area (Å²) in [7, 11) is -14.7. The second kappa shape index (κ2) is 9.49. The first-order valence-corrected chi connectivity index (χ1v) is 13.7. The van der Waals surface area contributed by atoms with E-state index in [-0.39, 0.29) is 16.5 Å². The molecule has 0 radical (unpaired) electrons. The van der Waals surface area contributed by atoms with Crippen molar-refractivity contribution in [2.45, 2.75) is 9.79 Å². The fourth-order valence-corrected chi connectivity index (χ4v) is 4.62. The van der Waals surface area contributed by atoms with Crippen molar-refractivity contribution in [2.75, 3.05) is 11.2 Å². The fourth-order valence-electron chi connectivity index (χ4n) is 2.99. The van der Waals surface area contributed by atoms with Crippen LogP contribution in [-0.4, -0.2) is 59.9 Å². The zero-order chi connectivity index (χ0) is 27.9. The molecule has 198 valence electrons. The molecule has 17 nitrogen and oxygen atoms in total. The highest BCUT2D eigenvalue weighted by molar-refractivity contribution is 7.86. The molecular weight excluding hydrogens is 564 g/mol. The quantitative estimate of drug-likeness (QED) is 0.0968. The molecule has 0 aliphatic heterocycles. The minimum Gasteiger partial charge on any atom is -0.505 e. The predicted molar refractivity (Wildman–Crippen MR) is 124 cm³/mol. The maximum atomic E-state index is 12.0. The summed E-state index contributed by atoms with van der Waals surface area (Å²) < 4.78 is 96.4. The molecule has 3 rings (SSSR count). The summed E-state index contributed by atoms with van der Waals surface area (Å²) in [5.74, 6) is -3.10. The molecule has 0 aliphatic carbocycles. The van der Waals surface area contributed by atoms with Gasteiger partial charge in [-0.05, 0) is 29.7 Å². The Balaban J connectivity index is 2.23. The molecule has 0 atom stereocenters. The third kappa shape index (κ3) is 6.25. The predicted octanol–water partition coefficient (Wildman–Crippen LogP) is 2.33. The summed E-state index contributed by atoms with van der Waals surface area (Å²) in [6.07, 6.45) is 0. The maximum absolute atomic E-state index is 12.0. The van der Waals surface area contributed by atoms with Crippen LogP contribution in [0.15, 0.2) is 56.4 Å². The van der Waals surface area contributed by atoms with Crippen LogP contribution < -0.4 is 5.32 Å². The van der Waals surface area contributed by atoms with E-state index in [0.717, 1.165) is 12.1 Å². The monoisotopic (exact) mass is 578 g/mol. The van der Waals surface area contributed by atoms with Crippen molar-refractivity contribution in [3.05, 3.63) is 46.5 Å². The Morgan fingerprint density at radius 3 is 2.00 bits per heavy atom. The van der Waals surface area contributed by atoms with E-state index in [2.05, 4.69) is 15.5 Å². The molecule has 0 heterocycles. The van der Waals surface area contributed by atoms with E-state index in [9.17, 15) is 54.7 Å². The number of nitrogens with one attached hydrogen (secondary N) is 1. The van der Waals surface area contributed by atoms with E-state index in [1.165, 1.54) is 12.1 Å². The van der Waals surface area contributed by atoms with Gasteiger partial charge in [-0.2, -0.15) is 25.3 Å². The number of hydrogen-bond donors (Lipinski definition) is 6. The van der Waals surface area contributed by atoms with Crippen LogP contribution in [0.1, 0.15) is 0 Å². The van der Waals surface area contributed by atoms with Crippen molar-refractivity contribution in [2.24, 2.45) is 10.2 Å². The lowest BCUT2D eigenvalue weighted by molar-refractivity contribution is -0.385. The minimum absolute atomic E-state index is 0.0550. The summed E-state index contributed by atoms with van der Waals surface area (Å²) in [5, 5.41) is 40.8. The number of fused-ring (bicyclic) bond motifs is 1. The number of phenolic OH excluding ortho intramolecular Hbond substituents is 2. The Labute approximate surface area is 207 Å². The molecule has 0 fully saturated rings. The van der Waals surface area contributed by atoms with Crippen molar-refractivity contribution < 1.29 is 54.0 Å².